The van der Waals surface area contributed by atoms with Crippen molar-refractivity contribution in [2.75, 3.05) is 0 Å². The van der Waals surface area contributed by atoms with Gasteiger partial charge in [-0.05, 0) is 42.2 Å². The van der Waals surface area contributed by atoms with E-state index in [2.05, 4.69) is 31.0 Å². The van der Waals surface area contributed by atoms with Crippen LogP contribution in [0, 0.1) is 11.3 Å². The Kier molecular flexibility index (Phi) is 2.72. The van der Waals surface area contributed by atoms with E-state index in [4.69, 9.17) is 11.6 Å². The van der Waals surface area contributed by atoms with E-state index in [-0.39, 0.29) is 0 Å². The average Bonchev–Trinajstić information content (AvgIpc) is 2.15. The SMILES string of the molecule is CC(C)(C)C1CCc2nnc(Cl)cc2C1. The Morgan fingerprint density at radius 1 is 1.33 bits per heavy atom. The number of halogens is 1. The van der Waals surface area contributed by atoms with Gasteiger partial charge in [-0.2, -0.15) is 5.10 Å². The van der Waals surface area contributed by atoms with Gasteiger partial charge in [-0.3, -0.25) is 0 Å². The van der Waals surface area contributed by atoms with Crippen LogP contribution in [0.3, 0.4) is 0 Å². The fraction of sp³-hybridized carbons (Fsp3) is 0.667. The number of aromatic nitrogens is 2. The third-order valence-electron chi connectivity index (χ3n) is 3.35. The Bertz CT molecular complexity index is 368. The molecule has 0 fully saturated rings. The smallest absolute Gasteiger partial charge is 0.152 e. The van der Waals surface area contributed by atoms with Gasteiger partial charge in [0, 0.05) is 0 Å². The van der Waals surface area contributed by atoms with Crippen LogP contribution < -0.4 is 0 Å². The molecule has 0 radical (unpaired) electrons. The zero-order chi connectivity index (χ0) is 11.1. The van der Waals surface area contributed by atoms with Crippen molar-refractivity contribution in [2.45, 2.75) is 40.0 Å². The molecule has 15 heavy (non-hydrogen) atoms. The Labute approximate surface area is 96.1 Å². The minimum Gasteiger partial charge on any atom is -0.154 e. The Morgan fingerprint density at radius 2 is 2.07 bits per heavy atom. The summed E-state index contributed by atoms with van der Waals surface area (Å²) in [5.74, 6) is 0.727. The van der Waals surface area contributed by atoms with Gasteiger partial charge in [-0.1, -0.05) is 32.4 Å². The van der Waals surface area contributed by atoms with E-state index in [1.807, 2.05) is 6.07 Å². The molecule has 0 saturated carbocycles. The van der Waals surface area contributed by atoms with Crippen LogP contribution in [0.4, 0.5) is 0 Å². The molecule has 1 aromatic heterocycles. The van der Waals surface area contributed by atoms with Gasteiger partial charge >= 0.3 is 0 Å². The molecule has 1 atom stereocenters. The highest BCUT2D eigenvalue weighted by Crippen LogP contribution is 2.36. The van der Waals surface area contributed by atoms with Gasteiger partial charge in [0.1, 0.15) is 0 Å². The lowest BCUT2D eigenvalue weighted by atomic mass is 9.72. The van der Waals surface area contributed by atoms with Crippen molar-refractivity contribution in [3.63, 3.8) is 0 Å². The standard InChI is InChI=1S/C12H17ClN2/c1-12(2,3)9-4-5-10-8(6-9)7-11(13)15-14-10/h7,9H,4-6H2,1-3H3. The number of fused-ring (bicyclic) bond motifs is 1. The number of hydrogen-bond acceptors (Lipinski definition) is 2. The topological polar surface area (TPSA) is 25.8 Å². The normalized spacial score (nSPS) is 21.2. The summed E-state index contributed by atoms with van der Waals surface area (Å²) in [4.78, 5) is 0. The summed E-state index contributed by atoms with van der Waals surface area (Å²) >= 11 is 5.87. The molecule has 1 aliphatic rings. The first-order valence-corrected chi connectivity index (χ1v) is 5.85. The first-order chi connectivity index (χ1) is 6.97. The first kappa shape index (κ1) is 10.9. The highest BCUT2D eigenvalue weighted by atomic mass is 35.5. The third-order valence-corrected chi connectivity index (χ3v) is 3.54. The highest BCUT2D eigenvalue weighted by Gasteiger charge is 2.29. The largest absolute Gasteiger partial charge is 0.154 e. The quantitative estimate of drug-likeness (QED) is 0.676. The molecule has 2 rings (SSSR count). The van der Waals surface area contributed by atoms with Gasteiger partial charge in [0.15, 0.2) is 5.15 Å². The maximum atomic E-state index is 5.87. The summed E-state index contributed by atoms with van der Waals surface area (Å²) < 4.78 is 0. The molecule has 1 unspecified atom stereocenters. The maximum Gasteiger partial charge on any atom is 0.152 e. The van der Waals surface area contributed by atoms with Gasteiger partial charge in [-0.15, -0.1) is 5.10 Å². The third kappa shape index (κ3) is 2.31. The molecule has 0 aliphatic heterocycles. The summed E-state index contributed by atoms with van der Waals surface area (Å²) in [5.41, 5.74) is 2.80. The lowest BCUT2D eigenvalue weighted by molar-refractivity contribution is 0.214. The predicted molar refractivity (Wildman–Crippen MR) is 62.0 cm³/mol. The number of aryl methyl sites for hydroxylation is 1. The van der Waals surface area contributed by atoms with Gasteiger partial charge in [0.2, 0.25) is 0 Å². The molecule has 0 spiro atoms. The van der Waals surface area contributed by atoms with E-state index in [0.29, 0.717) is 10.6 Å². The molecule has 1 heterocycles. The van der Waals surface area contributed by atoms with Crippen molar-refractivity contribution in [1.82, 2.24) is 10.2 Å². The number of hydrogen-bond donors (Lipinski definition) is 0. The second kappa shape index (κ2) is 3.75. The van der Waals surface area contributed by atoms with Crippen LogP contribution in [0.15, 0.2) is 6.07 Å². The van der Waals surface area contributed by atoms with Gasteiger partial charge in [0.25, 0.3) is 0 Å². The van der Waals surface area contributed by atoms with Crippen molar-refractivity contribution in [3.8, 4) is 0 Å². The molecule has 1 aromatic rings. The van der Waals surface area contributed by atoms with Crippen LogP contribution in [0.5, 0.6) is 0 Å². The van der Waals surface area contributed by atoms with Crippen molar-refractivity contribution in [1.29, 1.82) is 0 Å². The fourth-order valence-corrected chi connectivity index (χ4v) is 2.40. The van der Waals surface area contributed by atoms with E-state index in [0.717, 1.165) is 24.5 Å². The van der Waals surface area contributed by atoms with Crippen molar-refractivity contribution >= 4 is 11.6 Å². The molecular weight excluding hydrogens is 208 g/mol. The van der Waals surface area contributed by atoms with Gasteiger partial charge in [-0.25, -0.2) is 0 Å². The Hall–Kier alpha value is -0.630. The predicted octanol–water partition coefficient (Wildman–Crippen LogP) is 3.28. The molecule has 1 aliphatic carbocycles. The van der Waals surface area contributed by atoms with Crippen molar-refractivity contribution < 1.29 is 0 Å². The van der Waals surface area contributed by atoms with Crippen molar-refractivity contribution in [3.05, 3.63) is 22.5 Å². The molecule has 82 valence electrons. The second-order valence-electron chi connectivity index (χ2n) is 5.44. The van der Waals surface area contributed by atoms with E-state index in [1.165, 1.54) is 12.0 Å². The molecule has 3 heteroatoms. The van der Waals surface area contributed by atoms with Gasteiger partial charge in [0.05, 0.1) is 5.69 Å². The van der Waals surface area contributed by atoms with E-state index >= 15 is 0 Å². The zero-order valence-electron chi connectivity index (χ0n) is 9.55. The van der Waals surface area contributed by atoms with Crippen LogP contribution in [0.1, 0.15) is 38.4 Å². The number of nitrogens with zero attached hydrogens (tertiary/aromatic N) is 2. The first-order valence-electron chi connectivity index (χ1n) is 5.48. The van der Waals surface area contributed by atoms with E-state index < -0.39 is 0 Å². The summed E-state index contributed by atoms with van der Waals surface area (Å²) in [5, 5.41) is 8.57. The van der Waals surface area contributed by atoms with Crippen LogP contribution in [-0.4, -0.2) is 10.2 Å². The average molecular weight is 225 g/mol. The summed E-state index contributed by atoms with van der Waals surface area (Å²) in [6.45, 7) is 6.91. The number of rotatable bonds is 0. The highest BCUT2D eigenvalue weighted by molar-refractivity contribution is 6.29. The fourth-order valence-electron chi connectivity index (χ4n) is 2.23. The monoisotopic (exact) mass is 224 g/mol. The minimum absolute atomic E-state index is 0.368. The van der Waals surface area contributed by atoms with Gasteiger partial charge < -0.3 is 0 Å². The van der Waals surface area contributed by atoms with E-state index in [9.17, 15) is 0 Å². The molecule has 2 nitrogen and oxygen atoms in total. The second-order valence-corrected chi connectivity index (χ2v) is 5.83. The Balaban J connectivity index is 2.26. The lowest BCUT2D eigenvalue weighted by Crippen LogP contribution is -2.27. The summed E-state index contributed by atoms with van der Waals surface area (Å²) in [6.07, 6.45) is 3.35. The van der Waals surface area contributed by atoms with Crippen molar-refractivity contribution in [2.24, 2.45) is 11.3 Å². The minimum atomic E-state index is 0.368. The molecule has 0 aromatic carbocycles. The summed E-state index contributed by atoms with van der Waals surface area (Å²) in [6, 6.07) is 1.97. The molecular formula is C12H17ClN2. The van der Waals surface area contributed by atoms with Crippen LogP contribution in [0.2, 0.25) is 5.15 Å². The molecule has 0 N–H and O–H groups in total. The molecule has 0 bridgehead atoms. The maximum absolute atomic E-state index is 5.87. The lowest BCUT2D eigenvalue weighted by Gasteiger charge is -2.34. The van der Waals surface area contributed by atoms with Crippen LogP contribution in [0.25, 0.3) is 0 Å². The van der Waals surface area contributed by atoms with Crippen LogP contribution in [-0.2, 0) is 12.8 Å². The molecule has 0 amide bonds. The Morgan fingerprint density at radius 3 is 2.73 bits per heavy atom. The van der Waals surface area contributed by atoms with E-state index in [1.54, 1.807) is 0 Å². The summed E-state index contributed by atoms with van der Waals surface area (Å²) in [7, 11) is 0. The van der Waals surface area contributed by atoms with Crippen LogP contribution >= 0.6 is 11.6 Å². The molecule has 0 saturated heterocycles. The zero-order valence-corrected chi connectivity index (χ0v) is 10.3.